The molecule has 5 atom stereocenters. The predicted octanol–water partition coefficient (Wildman–Crippen LogP) is 4.10. The second-order valence-electron chi connectivity index (χ2n) is 11.0. The minimum absolute atomic E-state index is 0.00827. The van der Waals surface area contributed by atoms with Crippen molar-refractivity contribution < 1.29 is 14.4 Å². The molecule has 202 valence electrons. The molecule has 2 saturated heterocycles. The molecular weight excluding hydrogens is 486 g/mol. The van der Waals surface area contributed by atoms with E-state index in [4.69, 9.17) is 0 Å². The fourth-order valence-corrected chi connectivity index (χ4v) is 6.60. The van der Waals surface area contributed by atoms with Crippen LogP contribution in [0.15, 0.2) is 91.0 Å². The van der Waals surface area contributed by atoms with Gasteiger partial charge in [-0.25, -0.2) is 0 Å². The molecule has 5 rings (SSSR count). The van der Waals surface area contributed by atoms with Crippen LogP contribution in [0.5, 0.6) is 0 Å². The molecule has 2 fully saturated rings. The van der Waals surface area contributed by atoms with Crippen LogP contribution < -0.4 is 5.32 Å². The van der Waals surface area contributed by atoms with Crippen molar-refractivity contribution in [2.75, 3.05) is 20.1 Å². The van der Waals surface area contributed by atoms with Crippen LogP contribution in [0.1, 0.15) is 37.0 Å². The summed E-state index contributed by atoms with van der Waals surface area (Å²) < 4.78 is 0. The first-order valence-corrected chi connectivity index (χ1v) is 13.9. The zero-order valence-electron chi connectivity index (χ0n) is 22.9. The molecule has 6 nitrogen and oxygen atoms in total. The van der Waals surface area contributed by atoms with Crippen LogP contribution in [0.3, 0.4) is 0 Å². The molecule has 0 bridgehead atoms. The summed E-state index contributed by atoms with van der Waals surface area (Å²) in [5.74, 6) is -0.909. The van der Waals surface area contributed by atoms with E-state index in [1.807, 2.05) is 73.3 Å². The summed E-state index contributed by atoms with van der Waals surface area (Å²) >= 11 is 0. The summed E-state index contributed by atoms with van der Waals surface area (Å²) in [6.45, 7) is 5.02. The first-order valence-electron chi connectivity index (χ1n) is 13.9. The van der Waals surface area contributed by atoms with E-state index in [-0.39, 0.29) is 23.8 Å². The molecule has 3 aromatic carbocycles. The maximum Gasteiger partial charge on any atom is 0.241 e. The Bertz CT molecular complexity index is 1200. The molecule has 2 heterocycles. The van der Waals surface area contributed by atoms with E-state index in [1.54, 1.807) is 7.05 Å². The molecule has 39 heavy (non-hydrogen) atoms. The van der Waals surface area contributed by atoms with Gasteiger partial charge in [-0.3, -0.25) is 14.5 Å². The van der Waals surface area contributed by atoms with Crippen molar-refractivity contribution >= 4 is 18.1 Å². The fraction of sp³-hybridized carbons (Fsp3) is 0.364. The number of carbonyl (C=O) groups is 3. The molecule has 6 heteroatoms. The van der Waals surface area contributed by atoms with Crippen molar-refractivity contribution in [3.05, 3.63) is 108 Å². The van der Waals surface area contributed by atoms with Crippen LogP contribution in [-0.2, 0) is 19.9 Å². The number of aldehydes is 1. The van der Waals surface area contributed by atoms with E-state index in [2.05, 4.69) is 46.6 Å². The highest BCUT2D eigenvalue weighted by Gasteiger charge is 2.58. The minimum Gasteiger partial charge on any atom is -0.359 e. The third-order valence-electron chi connectivity index (χ3n) is 8.54. The molecule has 0 aliphatic carbocycles. The molecule has 4 unspecified atom stereocenters. The molecular formula is C33H37N3O3. The van der Waals surface area contributed by atoms with Gasteiger partial charge < -0.3 is 15.0 Å². The summed E-state index contributed by atoms with van der Waals surface area (Å²) in [4.78, 5) is 43.5. The molecule has 2 aliphatic rings. The summed E-state index contributed by atoms with van der Waals surface area (Å²) in [5.41, 5.74) is 2.60. The number of likely N-dealkylation sites (tertiary alicyclic amines) is 1. The largest absolute Gasteiger partial charge is 0.359 e. The van der Waals surface area contributed by atoms with E-state index in [9.17, 15) is 14.4 Å². The lowest BCUT2D eigenvalue weighted by Crippen LogP contribution is -2.50. The molecule has 0 saturated carbocycles. The van der Waals surface area contributed by atoms with Gasteiger partial charge in [0.05, 0.1) is 17.5 Å². The number of nitrogens with zero attached hydrogens (tertiary/aromatic N) is 2. The number of nitrogens with one attached hydrogen (secondary N) is 1. The third kappa shape index (κ3) is 4.67. The van der Waals surface area contributed by atoms with E-state index >= 15 is 0 Å². The monoisotopic (exact) mass is 523 g/mol. The van der Waals surface area contributed by atoms with Crippen LogP contribution in [0.4, 0.5) is 0 Å². The summed E-state index contributed by atoms with van der Waals surface area (Å²) in [7, 11) is 1.62. The number of hydrogen-bond acceptors (Lipinski definition) is 4. The number of carbonyl (C=O) groups excluding carboxylic acids is 3. The normalized spacial score (nSPS) is 23.3. The topological polar surface area (TPSA) is 69.5 Å². The maximum atomic E-state index is 14.3. The van der Waals surface area contributed by atoms with E-state index < -0.39 is 23.4 Å². The Kier molecular flexibility index (Phi) is 7.67. The standard InChI is InChI=1S/C33H37N3O3/c1-23(2)28(22-37)30-27(31(38)34-3)19-20-35(30)32(39)29-21-36(29)33(24-13-7-4-8-14-24,25-15-9-5-10-16-25)26-17-11-6-12-18-26/h4-18,22-23,27-30H,19-21H2,1-3H3,(H,34,38)/t27?,28?,29?,30?,36-/m1/s1. The highest BCUT2D eigenvalue weighted by molar-refractivity contribution is 5.88. The van der Waals surface area contributed by atoms with Gasteiger partial charge in [-0.05, 0) is 29.0 Å². The van der Waals surface area contributed by atoms with Gasteiger partial charge in [0.15, 0.2) is 0 Å². The number of amides is 2. The first-order chi connectivity index (χ1) is 18.9. The van der Waals surface area contributed by atoms with E-state index in [1.165, 1.54) is 0 Å². The quantitative estimate of drug-likeness (QED) is 0.261. The average molecular weight is 524 g/mol. The van der Waals surface area contributed by atoms with Gasteiger partial charge in [0.2, 0.25) is 11.8 Å². The molecule has 3 aromatic rings. The first kappa shape index (κ1) is 26.8. The van der Waals surface area contributed by atoms with E-state index in [0.717, 1.165) is 23.0 Å². The van der Waals surface area contributed by atoms with Crippen molar-refractivity contribution in [3.8, 4) is 0 Å². The molecule has 0 aromatic heterocycles. The SMILES string of the molecule is CNC(=O)C1CCN(C(=O)C2C[N@@]2C(c2ccccc2)(c2ccccc2)c2ccccc2)C1C(C=O)C(C)C. The van der Waals surface area contributed by atoms with Crippen molar-refractivity contribution in [1.29, 1.82) is 0 Å². The minimum atomic E-state index is -0.665. The number of benzene rings is 3. The predicted molar refractivity (Wildman–Crippen MR) is 152 cm³/mol. The average Bonchev–Trinajstić information content (AvgIpc) is 3.66. The van der Waals surface area contributed by atoms with Gasteiger partial charge in [-0.1, -0.05) is 105 Å². The third-order valence-corrected chi connectivity index (χ3v) is 8.54. The lowest BCUT2D eigenvalue weighted by molar-refractivity contribution is -0.136. The van der Waals surface area contributed by atoms with Crippen LogP contribution in [0.25, 0.3) is 0 Å². The number of rotatable bonds is 9. The lowest BCUT2D eigenvalue weighted by Gasteiger charge is -2.39. The molecule has 1 N–H and O–H groups in total. The Labute approximate surface area is 231 Å². The highest BCUT2D eigenvalue weighted by Crippen LogP contribution is 2.49. The summed E-state index contributed by atoms with van der Waals surface area (Å²) in [6.07, 6.45) is 1.49. The van der Waals surface area contributed by atoms with Crippen LogP contribution in [-0.4, -0.2) is 60.1 Å². The molecule has 0 radical (unpaired) electrons. The molecule has 2 amide bonds. The van der Waals surface area contributed by atoms with Gasteiger partial charge in [0.25, 0.3) is 0 Å². The van der Waals surface area contributed by atoms with Crippen molar-refractivity contribution in [2.45, 2.75) is 37.9 Å². The Balaban J connectivity index is 1.57. The second kappa shape index (κ2) is 11.1. The van der Waals surface area contributed by atoms with Crippen LogP contribution in [0.2, 0.25) is 0 Å². The Morgan fingerprint density at radius 2 is 1.36 bits per heavy atom. The van der Waals surface area contributed by atoms with Gasteiger partial charge >= 0.3 is 0 Å². The lowest BCUT2D eigenvalue weighted by atomic mass is 9.76. The highest BCUT2D eigenvalue weighted by atomic mass is 16.2. The number of hydrogen-bond donors (Lipinski definition) is 1. The van der Waals surface area contributed by atoms with Crippen LogP contribution in [0, 0.1) is 17.8 Å². The molecule has 0 spiro atoms. The van der Waals surface area contributed by atoms with Gasteiger partial charge in [0, 0.05) is 26.1 Å². The molecule has 2 aliphatic heterocycles. The second-order valence-corrected chi connectivity index (χ2v) is 11.0. The zero-order chi connectivity index (χ0) is 27.6. The maximum absolute atomic E-state index is 14.3. The van der Waals surface area contributed by atoms with Gasteiger partial charge in [-0.15, -0.1) is 0 Å². The van der Waals surface area contributed by atoms with Crippen molar-refractivity contribution in [2.24, 2.45) is 17.8 Å². The summed E-state index contributed by atoms with van der Waals surface area (Å²) in [5, 5.41) is 2.75. The van der Waals surface area contributed by atoms with Crippen LogP contribution >= 0.6 is 0 Å². The van der Waals surface area contributed by atoms with Gasteiger partial charge in [-0.2, -0.15) is 0 Å². The zero-order valence-corrected chi connectivity index (χ0v) is 22.9. The van der Waals surface area contributed by atoms with E-state index in [0.29, 0.717) is 19.5 Å². The smallest absolute Gasteiger partial charge is 0.241 e. The Morgan fingerprint density at radius 1 is 0.872 bits per heavy atom. The fourth-order valence-electron chi connectivity index (χ4n) is 6.60. The van der Waals surface area contributed by atoms with Crippen molar-refractivity contribution in [1.82, 2.24) is 15.1 Å². The Morgan fingerprint density at radius 3 is 1.77 bits per heavy atom. The van der Waals surface area contributed by atoms with Gasteiger partial charge in [0.1, 0.15) is 12.3 Å². The summed E-state index contributed by atoms with van der Waals surface area (Å²) in [6, 6.07) is 30.2. The Hall–Kier alpha value is -3.77. The van der Waals surface area contributed by atoms with Crippen molar-refractivity contribution in [3.63, 3.8) is 0 Å².